The van der Waals surface area contributed by atoms with Gasteiger partial charge in [-0.1, -0.05) is 37.2 Å². The number of aryl methyl sites for hydroxylation is 1. The van der Waals surface area contributed by atoms with Crippen LogP contribution in [0.5, 0.6) is 5.75 Å². The van der Waals surface area contributed by atoms with Crippen LogP contribution < -0.4 is 10.2 Å². The van der Waals surface area contributed by atoms with Crippen LogP contribution in [0.2, 0.25) is 0 Å². The Morgan fingerprint density at radius 2 is 1.77 bits per heavy atom. The van der Waals surface area contributed by atoms with E-state index in [1.807, 2.05) is 18.2 Å². The lowest BCUT2D eigenvalue weighted by molar-refractivity contribution is 0.00578. The molecule has 138 valence electrons. The van der Waals surface area contributed by atoms with Crippen LogP contribution in [-0.2, 0) is 22.3 Å². The lowest BCUT2D eigenvalue weighted by Gasteiger charge is -2.32. The van der Waals surface area contributed by atoms with Crippen molar-refractivity contribution in [2.45, 2.75) is 58.7 Å². The van der Waals surface area contributed by atoms with Crippen molar-refractivity contribution < 1.29 is 25.3 Å². The van der Waals surface area contributed by atoms with Gasteiger partial charge in [0.15, 0.2) is 11.6 Å². The third-order valence-electron chi connectivity index (χ3n) is 4.98. The molecule has 0 aliphatic carbocycles. The first kappa shape index (κ1) is 13.3. The zero-order valence-corrected chi connectivity index (χ0v) is 15.4. The molecule has 0 aromatic heterocycles. The van der Waals surface area contributed by atoms with Gasteiger partial charge in [-0.25, -0.2) is 4.39 Å². The van der Waals surface area contributed by atoms with Gasteiger partial charge in [-0.15, -0.1) is 0 Å². The molecule has 0 atom stereocenters. The number of hydrogen-bond acceptors (Lipinski definition) is 3. The highest BCUT2D eigenvalue weighted by molar-refractivity contribution is 6.62. The Bertz CT molecular complexity index is 932. The van der Waals surface area contributed by atoms with Gasteiger partial charge in [0, 0.05) is 6.85 Å². The van der Waals surface area contributed by atoms with E-state index < -0.39 is 37.4 Å². The summed E-state index contributed by atoms with van der Waals surface area (Å²) in [5.74, 6) is -1.00. The Morgan fingerprint density at radius 1 is 1.12 bits per heavy atom. The summed E-state index contributed by atoms with van der Waals surface area (Å²) in [4.78, 5) is 0. The molecule has 5 heteroatoms. The van der Waals surface area contributed by atoms with Crippen molar-refractivity contribution >= 4 is 12.6 Å². The van der Waals surface area contributed by atoms with Gasteiger partial charge in [0.1, 0.15) is 6.61 Å². The summed E-state index contributed by atoms with van der Waals surface area (Å²) < 4.78 is 72.1. The van der Waals surface area contributed by atoms with Crippen LogP contribution in [0.15, 0.2) is 42.5 Å². The minimum Gasteiger partial charge on any atom is -0.486 e. The second-order valence-corrected chi connectivity index (χ2v) is 7.36. The summed E-state index contributed by atoms with van der Waals surface area (Å²) in [6, 6.07) is 11.2. The zero-order chi connectivity index (χ0) is 23.2. The fourth-order valence-corrected chi connectivity index (χ4v) is 2.69. The summed E-state index contributed by atoms with van der Waals surface area (Å²) in [6.07, 6.45) is -2.79. The van der Waals surface area contributed by atoms with E-state index in [9.17, 15) is 4.39 Å². The lowest BCUT2D eigenvalue weighted by atomic mass is 9.75. The molecule has 1 heterocycles. The second kappa shape index (κ2) is 7.05. The highest BCUT2D eigenvalue weighted by atomic mass is 19.1. The van der Waals surface area contributed by atoms with Crippen molar-refractivity contribution in [3.8, 4) is 5.75 Å². The number of hydrogen-bond donors (Lipinski definition) is 0. The molecular weight excluding hydrogens is 330 g/mol. The summed E-state index contributed by atoms with van der Waals surface area (Å²) >= 11 is 0. The molecule has 1 saturated heterocycles. The van der Waals surface area contributed by atoms with E-state index in [0.29, 0.717) is 0 Å². The van der Waals surface area contributed by atoms with Crippen LogP contribution in [-0.4, -0.2) is 18.3 Å². The fourth-order valence-electron chi connectivity index (χ4n) is 2.69. The maximum Gasteiger partial charge on any atom is 0.495 e. The molecule has 1 aliphatic heterocycles. The highest BCUT2D eigenvalue weighted by Gasteiger charge is 2.52. The Morgan fingerprint density at radius 3 is 2.38 bits per heavy atom. The van der Waals surface area contributed by atoms with E-state index >= 15 is 0 Å². The van der Waals surface area contributed by atoms with E-state index in [1.54, 1.807) is 39.8 Å². The Labute approximate surface area is 162 Å². The van der Waals surface area contributed by atoms with Gasteiger partial charge in [0.2, 0.25) is 0 Å². The predicted octanol–water partition coefficient (Wildman–Crippen LogP) is 4.27. The average Bonchev–Trinajstić information content (AvgIpc) is 2.87. The monoisotopic (exact) mass is 361 g/mol. The third kappa shape index (κ3) is 3.65. The zero-order valence-electron chi connectivity index (χ0n) is 20.4. The number of halogens is 1. The highest BCUT2D eigenvalue weighted by Crippen LogP contribution is 2.37. The van der Waals surface area contributed by atoms with Gasteiger partial charge in [0.05, 0.1) is 11.2 Å². The van der Waals surface area contributed by atoms with Crippen molar-refractivity contribution in [1.29, 1.82) is 0 Å². The van der Waals surface area contributed by atoms with Crippen molar-refractivity contribution in [3.63, 3.8) is 0 Å². The first-order valence-electron chi connectivity index (χ1n) is 11.0. The molecule has 26 heavy (non-hydrogen) atoms. The molecule has 0 amide bonds. The molecular formula is C21H26BFO3. The van der Waals surface area contributed by atoms with Crippen LogP contribution in [0.1, 0.15) is 52.5 Å². The minimum atomic E-state index is -3.00. The number of benzene rings is 2. The summed E-state index contributed by atoms with van der Waals surface area (Å²) in [5, 5.41) is 0. The molecule has 0 bridgehead atoms. The maximum absolute atomic E-state index is 15.0. The van der Waals surface area contributed by atoms with E-state index in [4.69, 9.17) is 20.9 Å². The quantitative estimate of drug-likeness (QED) is 0.745. The molecule has 1 fully saturated rings. The molecule has 3 nitrogen and oxygen atoms in total. The first-order valence-corrected chi connectivity index (χ1v) is 8.52. The average molecular weight is 361 g/mol. The molecule has 2 aromatic rings. The molecule has 3 rings (SSSR count). The maximum atomic E-state index is 15.0. The number of rotatable bonds is 5. The lowest BCUT2D eigenvalue weighted by Crippen LogP contribution is -2.41. The Balaban J connectivity index is 2.05. The van der Waals surface area contributed by atoms with Gasteiger partial charge >= 0.3 is 7.12 Å². The Kier molecular flexibility index (Phi) is 3.62. The van der Waals surface area contributed by atoms with E-state index in [-0.39, 0.29) is 23.4 Å². The van der Waals surface area contributed by atoms with Crippen molar-refractivity contribution in [1.82, 2.24) is 0 Å². The normalized spacial score (nSPS) is 22.0. The van der Waals surface area contributed by atoms with Crippen LogP contribution >= 0.6 is 0 Å². The molecule has 0 N–H and O–H groups in total. The summed E-state index contributed by atoms with van der Waals surface area (Å²) in [7, 11) is -1.13. The topological polar surface area (TPSA) is 27.7 Å². The largest absolute Gasteiger partial charge is 0.495 e. The van der Waals surface area contributed by atoms with Crippen LogP contribution in [0.25, 0.3) is 0 Å². The van der Waals surface area contributed by atoms with E-state index in [1.165, 1.54) is 0 Å². The van der Waals surface area contributed by atoms with Crippen molar-refractivity contribution in [2.75, 3.05) is 0 Å². The van der Waals surface area contributed by atoms with Gasteiger partial charge in [0.25, 0.3) is 0 Å². The van der Waals surface area contributed by atoms with E-state index in [2.05, 4.69) is 0 Å². The molecule has 0 unspecified atom stereocenters. The van der Waals surface area contributed by atoms with Crippen LogP contribution in [0.4, 0.5) is 4.39 Å². The standard InChI is InChI=1S/C21H26BFO3/c1-6-16-12-19(24-14-15-10-8-7-9-11-15)18(23)13-17(16)22-25-20(2,3)21(4,5)26-22/h7-13H,6,14H2,1-5H3/i1D3,6D2. The molecule has 0 spiro atoms. The third-order valence-corrected chi connectivity index (χ3v) is 4.98. The smallest absolute Gasteiger partial charge is 0.486 e. The van der Waals surface area contributed by atoms with Crippen molar-refractivity contribution in [2.24, 2.45) is 0 Å². The molecule has 0 radical (unpaired) electrons. The minimum absolute atomic E-state index is 0.00987. The van der Waals surface area contributed by atoms with Gasteiger partial charge in [-0.2, -0.15) is 0 Å². The molecule has 1 aliphatic rings. The van der Waals surface area contributed by atoms with Gasteiger partial charge in [-0.05, 0) is 62.8 Å². The van der Waals surface area contributed by atoms with E-state index in [0.717, 1.165) is 17.7 Å². The van der Waals surface area contributed by atoms with Gasteiger partial charge in [-0.3, -0.25) is 0 Å². The second-order valence-electron chi connectivity index (χ2n) is 7.36. The fraction of sp³-hybridized carbons (Fsp3) is 0.429. The molecule has 2 aromatic carbocycles. The molecule has 0 saturated carbocycles. The van der Waals surface area contributed by atoms with Crippen LogP contribution in [0, 0.1) is 5.82 Å². The van der Waals surface area contributed by atoms with Gasteiger partial charge < -0.3 is 14.0 Å². The van der Waals surface area contributed by atoms with Crippen LogP contribution in [0.3, 0.4) is 0 Å². The summed E-state index contributed by atoms with van der Waals surface area (Å²) in [5.41, 5.74) is -1.00. The first-order chi connectivity index (χ1) is 14.2. The Hall–Kier alpha value is -1.85. The summed E-state index contributed by atoms with van der Waals surface area (Å²) in [6.45, 7) is 4.26. The number of ether oxygens (including phenoxy) is 1. The van der Waals surface area contributed by atoms with Crippen molar-refractivity contribution in [3.05, 3.63) is 59.4 Å². The predicted molar refractivity (Wildman–Crippen MR) is 102 cm³/mol. The SMILES string of the molecule is [2H]C([2H])([2H])C([2H])([2H])c1cc(OCc2ccccc2)c(F)cc1B1OC(C)(C)C(C)(C)O1.